The Morgan fingerprint density at radius 3 is 2.95 bits per heavy atom. The third-order valence-electron chi connectivity index (χ3n) is 5.02. The van der Waals surface area contributed by atoms with E-state index in [9.17, 15) is 4.79 Å². The summed E-state index contributed by atoms with van der Waals surface area (Å²) in [6, 6.07) is 3.48. The molecule has 1 aromatic rings. The number of rotatable bonds is 4. The summed E-state index contributed by atoms with van der Waals surface area (Å²) in [5.74, 6) is 1.10. The van der Waals surface area contributed by atoms with E-state index in [1.165, 1.54) is 0 Å². The first-order valence-corrected chi connectivity index (χ1v) is 8.18. The molecule has 0 bridgehead atoms. The highest BCUT2D eigenvalue weighted by Gasteiger charge is 2.41. The minimum Gasteiger partial charge on any atom is -0.459 e. The van der Waals surface area contributed by atoms with Gasteiger partial charge in [0.15, 0.2) is 5.76 Å². The van der Waals surface area contributed by atoms with Crippen LogP contribution in [-0.4, -0.2) is 49.8 Å². The maximum Gasteiger partial charge on any atom is 0.289 e. The Hall–Kier alpha value is -1.33. The predicted octanol–water partition coefficient (Wildman–Crippen LogP) is 2.72. The summed E-state index contributed by atoms with van der Waals surface area (Å²) in [6.07, 6.45) is 6.71. The van der Waals surface area contributed by atoms with Gasteiger partial charge in [0.05, 0.1) is 11.9 Å². The number of ether oxygens (including phenoxy) is 2. The first-order chi connectivity index (χ1) is 10.7. The second-order valence-electron chi connectivity index (χ2n) is 6.44. The lowest BCUT2D eigenvalue weighted by molar-refractivity contribution is -0.125. The molecule has 0 N–H and O–H groups in total. The second kappa shape index (κ2) is 6.84. The van der Waals surface area contributed by atoms with E-state index < -0.39 is 0 Å². The molecule has 0 aliphatic carbocycles. The normalized spacial score (nSPS) is 24.6. The molecule has 1 spiro atoms. The van der Waals surface area contributed by atoms with Gasteiger partial charge in [0, 0.05) is 33.4 Å². The number of amides is 1. The first-order valence-electron chi connectivity index (χ1n) is 8.18. The summed E-state index contributed by atoms with van der Waals surface area (Å²) in [4.78, 5) is 14.2. The minimum atomic E-state index is -0.0311. The molecule has 3 heterocycles. The van der Waals surface area contributed by atoms with Crippen LogP contribution in [0.25, 0.3) is 0 Å². The lowest BCUT2D eigenvalue weighted by Gasteiger charge is -2.46. The maximum absolute atomic E-state index is 12.3. The van der Waals surface area contributed by atoms with Crippen molar-refractivity contribution in [3.05, 3.63) is 24.2 Å². The SMILES string of the molecule is COCCC1CCOC2(CCN(C(=O)c3ccco3)CC2)C1. The highest BCUT2D eigenvalue weighted by atomic mass is 16.5. The Labute approximate surface area is 131 Å². The number of piperidine rings is 1. The van der Waals surface area contributed by atoms with Crippen molar-refractivity contribution in [3.63, 3.8) is 0 Å². The summed E-state index contributed by atoms with van der Waals surface area (Å²) < 4.78 is 16.5. The quantitative estimate of drug-likeness (QED) is 0.858. The Morgan fingerprint density at radius 2 is 2.27 bits per heavy atom. The van der Waals surface area contributed by atoms with Crippen molar-refractivity contribution in [3.8, 4) is 0 Å². The standard InChI is InChI=1S/C17H25NO4/c1-20-11-4-14-5-12-22-17(13-14)6-8-18(9-7-17)16(19)15-3-2-10-21-15/h2-3,10,14H,4-9,11-13H2,1H3. The maximum atomic E-state index is 12.3. The highest BCUT2D eigenvalue weighted by Crippen LogP contribution is 2.39. The summed E-state index contributed by atoms with van der Waals surface area (Å²) in [5.41, 5.74) is -0.0311. The zero-order chi connectivity index (χ0) is 15.4. The molecule has 5 heteroatoms. The van der Waals surface area contributed by atoms with Crippen LogP contribution in [0.4, 0.5) is 0 Å². The van der Waals surface area contributed by atoms with Gasteiger partial charge in [0.2, 0.25) is 0 Å². The van der Waals surface area contributed by atoms with Crippen molar-refractivity contribution < 1.29 is 18.7 Å². The number of methoxy groups -OCH3 is 1. The molecule has 1 aromatic heterocycles. The van der Waals surface area contributed by atoms with Crippen LogP contribution in [0.2, 0.25) is 0 Å². The molecule has 0 saturated carbocycles. The van der Waals surface area contributed by atoms with Gasteiger partial charge in [-0.1, -0.05) is 0 Å². The summed E-state index contributed by atoms with van der Waals surface area (Å²) in [6.45, 7) is 3.15. The highest BCUT2D eigenvalue weighted by molar-refractivity contribution is 5.91. The number of nitrogens with zero attached hydrogens (tertiary/aromatic N) is 1. The third-order valence-corrected chi connectivity index (χ3v) is 5.02. The molecule has 1 atom stereocenters. The van der Waals surface area contributed by atoms with Crippen molar-refractivity contribution in [2.45, 2.75) is 37.7 Å². The molecule has 2 aliphatic rings. The Kier molecular flexibility index (Phi) is 4.84. The van der Waals surface area contributed by atoms with Gasteiger partial charge >= 0.3 is 0 Å². The Morgan fingerprint density at radius 1 is 1.45 bits per heavy atom. The van der Waals surface area contributed by atoms with Crippen LogP contribution in [0.3, 0.4) is 0 Å². The van der Waals surface area contributed by atoms with Gasteiger partial charge in [-0.3, -0.25) is 4.79 Å². The second-order valence-corrected chi connectivity index (χ2v) is 6.44. The Bertz CT molecular complexity index is 477. The van der Waals surface area contributed by atoms with Crippen LogP contribution < -0.4 is 0 Å². The molecule has 1 amide bonds. The molecule has 1 unspecified atom stereocenters. The largest absolute Gasteiger partial charge is 0.459 e. The number of likely N-dealkylation sites (tertiary alicyclic amines) is 1. The molecule has 2 fully saturated rings. The topological polar surface area (TPSA) is 51.9 Å². The number of furan rings is 1. The van der Waals surface area contributed by atoms with Crippen LogP contribution in [0.15, 0.2) is 22.8 Å². The van der Waals surface area contributed by atoms with Gasteiger partial charge in [-0.15, -0.1) is 0 Å². The van der Waals surface area contributed by atoms with Gasteiger partial charge in [0.1, 0.15) is 0 Å². The fourth-order valence-corrected chi connectivity index (χ4v) is 3.68. The summed E-state index contributed by atoms with van der Waals surface area (Å²) in [5, 5.41) is 0. The van der Waals surface area contributed by atoms with Gasteiger partial charge in [0.25, 0.3) is 5.91 Å². The molecule has 3 rings (SSSR count). The molecule has 0 radical (unpaired) electrons. The number of carbonyl (C=O) groups excluding carboxylic acids is 1. The van der Waals surface area contributed by atoms with E-state index in [0.29, 0.717) is 11.7 Å². The molecule has 5 nitrogen and oxygen atoms in total. The molecule has 2 aliphatic heterocycles. The van der Waals surface area contributed by atoms with Gasteiger partial charge < -0.3 is 18.8 Å². The average molecular weight is 307 g/mol. The first kappa shape index (κ1) is 15.6. The summed E-state index contributed by atoms with van der Waals surface area (Å²) in [7, 11) is 1.76. The van der Waals surface area contributed by atoms with Crippen molar-refractivity contribution in [2.75, 3.05) is 33.4 Å². The van der Waals surface area contributed by atoms with E-state index in [4.69, 9.17) is 13.9 Å². The average Bonchev–Trinajstić information content (AvgIpc) is 3.08. The van der Waals surface area contributed by atoms with E-state index in [2.05, 4.69) is 0 Å². The molecule has 22 heavy (non-hydrogen) atoms. The molecular weight excluding hydrogens is 282 g/mol. The minimum absolute atomic E-state index is 0.00778. The van der Waals surface area contributed by atoms with Crippen molar-refractivity contribution in [1.82, 2.24) is 4.90 Å². The van der Waals surface area contributed by atoms with E-state index in [1.807, 2.05) is 4.90 Å². The van der Waals surface area contributed by atoms with E-state index in [-0.39, 0.29) is 11.5 Å². The van der Waals surface area contributed by atoms with Crippen LogP contribution in [0.1, 0.15) is 42.7 Å². The third kappa shape index (κ3) is 3.36. The van der Waals surface area contributed by atoms with Crippen molar-refractivity contribution in [2.24, 2.45) is 5.92 Å². The smallest absolute Gasteiger partial charge is 0.289 e. The molecule has 0 aromatic carbocycles. The van der Waals surface area contributed by atoms with Gasteiger partial charge in [-0.05, 0) is 50.2 Å². The zero-order valence-electron chi connectivity index (χ0n) is 13.3. The fraction of sp³-hybridized carbons (Fsp3) is 0.706. The van der Waals surface area contributed by atoms with Crippen LogP contribution in [-0.2, 0) is 9.47 Å². The predicted molar refractivity (Wildman–Crippen MR) is 81.7 cm³/mol. The summed E-state index contributed by atoms with van der Waals surface area (Å²) >= 11 is 0. The van der Waals surface area contributed by atoms with Crippen molar-refractivity contribution in [1.29, 1.82) is 0 Å². The number of hydrogen-bond donors (Lipinski definition) is 0. The van der Waals surface area contributed by atoms with Crippen molar-refractivity contribution >= 4 is 5.91 Å². The van der Waals surface area contributed by atoms with Gasteiger partial charge in [-0.2, -0.15) is 0 Å². The number of hydrogen-bond acceptors (Lipinski definition) is 4. The fourth-order valence-electron chi connectivity index (χ4n) is 3.68. The van der Waals surface area contributed by atoms with E-state index in [0.717, 1.165) is 58.4 Å². The monoisotopic (exact) mass is 307 g/mol. The molecular formula is C17H25NO4. The van der Waals surface area contributed by atoms with E-state index >= 15 is 0 Å². The van der Waals surface area contributed by atoms with E-state index in [1.54, 1.807) is 25.5 Å². The zero-order valence-corrected chi connectivity index (χ0v) is 13.3. The van der Waals surface area contributed by atoms with Crippen LogP contribution in [0.5, 0.6) is 0 Å². The molecule has 2 saturated heterocycles. The Balaban J connectivity index is 1.55. The van der Waals surface area contributed by atoms with Gasteiger partial charge in [-0.25, -0.2) is 0 Å². The lowest BCUT2D eigenvalue weighted by Crippen LogP contribution is -2.50. The van der Waals surface area contributed by atoms with Crippen LogP contribution in [0, 0.1) is 5.92 Å². The molecule has 122 valence electrons. The lowest BCUT2D eigenvalue weighted by atomic mass is 9.78. The van der Waals surface area contributed by atoms with Crippen LogP contribution >= 0.6 is 0 Å². The number of carbonyl (C=O) groups is 1.